The summed E-state index contributed by atoms with van der Waals surface area (Å²) < 4.78 is 61.1. The van der Waals surface area contributed by atoms with Gasteiger partial charge < -0.3 is 28.4 Å². The molecule has 3 atom stereocenters. The number of aromatic nitrogens is 1. The van der Waals surface area contributed by atoms with E-state index in [0.717, 1.165) is 49.6 Å². The number of fused-ring (bicyclic) bond motifs is 3. The number of carbonyl (C=O) groups is 1. The number of furan rings is 1. The van der Waals surface area contributed by atoms with Crippen LogP contribution in [0.3, 0.4) is 0 Å². The standard InChI is InChI=1S/C30H27F3N2O6/c31-30(32,33)40-25-4-2-1-3-22(25)27-23(28(41-34-27)16-5-6-16)15-38-21-13-19-7-8-20(14-21)35(19)18-9-10-24-17(11-18)12-26(39-24)29(36)37/h1-4,9-12,16,19-21H,5-8,13-15H2,(H,36,37)/t19-,20?,21?/m0/s1. The Morgan fingerprint density at radius 3 is 2.51 bits per heavy atom. The van der Waals surface area contributed by atoms with Crippen molar-refractivity contribution in [3.63, 3.8) is 0 Å². The van der Waals surface area contributed by atoms with Gasteiger partial charge in [-0.2, -0.15) is 0 Å². The normalized spacial score (nSPS) is 22.4. The maximum atomic E-state index is 13.1. The van der Waals surface area contributed by atoms with Gasteiger partial charge in [-0.1, -0.05) is 17.3 Å². The lowest BCUT2D eigenvalue weighted by Gasteiger charge is -2.40. The summed E-state index contributed by atoms with van der Waals surface area (Å²) in [6, 6.07) is 13.8. The van der Waals surface area contributed by atoms with E-state index in [1.54, 1.807) is 18.2 Å². The number of ether oxygens (including phenoxy) is 2. The Labute approximate surface area is 232 Å². The molecule has 2 bridgehead atoms. The highest BCUT2D eigenvalue weighted by Gasteiger charge is 2.42. The van der Waals surface area contributed by atoms with Gasteiger partial charge in [0.1, 0.15) is 22.8 Å². The molecule has 214 valence electrons. The van der Waals surface area contributed by atoms with E-state index in [1.165, 1.54) is 12.1 Å². The number of nitrogens with zero attached hydrogens (tertiary/aromatic N) is 2. The fourth-order valence-electron chi connectivity index (χ4n) is 6.40. The van der Waals surface area contributed by atoms with Crippen LogP contribution in [0.25, 0.3) is 22.2 Å². The molecule has 1 aliphatic carbocycles. The maximum Gasteiger partial charge on any atom is 0.573 e. The number of halogens is 3. The Bertz CT molecular complexity index is 1590. The molecular formula is C30H27F3N2O6. The minimum atomic E-state index is -4.83. The van der Waals surface area contributed by atoms with Crippen molar-refractivity contribution in [1.82, 2.24) is 5.16 Å². The Kier molecular flexibility index (Phi) is 6.22. The van der Waals surface area contributed by atoms with Crippen molar-refractivity contribution in [3.8, 4) is 17.0 Å². The Hall–Kier alpha value is -3.99. The van der Waals surface area contributed by atoms with E-state index in [9.17, 15) is 23.1 Å². The van der Waals surface area contributed by atoms with Crippen LogP contribution in [0.4, 0.5) is 18.9 Å². The van der Waals surface area contributed by atoms with Crippen LogP contribution < -0.4 is 9.64 Å². The third-order valence-electron chi connectivity index (χ3n) is 8.30. The first kappa shape index (κ1) is 25.9. The van der Waals surface area contributed by atoms with Crippen LogP contribution in [0.1, 0.15) is 66.3 Å². The monoisotopic (exact) mass is 568 g/mol. The number of anilines is 1. The van der Waals surface area contributed by atoms with Crippen LogP contribution in [-0.2, 0) is 11.3 Å². The van der Waals surface area contributed by atoms with Gasteiger partial charge >= 0.3 is 12.3 Å². The van der Waals surface area contributed by atoms with Crippen molar-refractivity contribution in [2.75, 3.05) is 4.90 Å². The third kappa shape index (κ3) is 5.03. The highest BCUT2D eigenvalue weighted by atomic mass is 19.4. The van der Waals surface area contributed by atoms with Gasteiger partial charge in [-0.05, 0) is 74.9 Å². The zero-order chi connectivity index (χ0) is 28.3. The lowest BCUT2D eigenvalue weighted by molar-refractivity contribution is -0.274. The second kappa shape index (κ2) is 9.83. The number of aromatic carboxylic acids is 1. The van der Waals surface area contributed by atoms with Gasteiger partial charge in [0.05, 0.1) is 12.7 Å². The number of para-hydroxylation sites is 1. The van der Waals surface area contributed by atoms with Crippen LogP contribution >= 0.6 is 0 Å². The van der Waals surface area contributed by atoms with Crippen molar-refractivity contribution in [2.24, 2.45) is 0 Å². The molecule has 2 aromatic carbocycles. The molecule has 1 saturated carbocycles. The number of carboxylic acid groups (broad SMARTS) is 1. The summed E-state index contributed by atoms with van der Waals surface area (Å²) >= 11 is 0. The lowest BCUT2D eigenvalue weighted by atomic mass is 9.98. The molecule has 2 unspecified atom stereocenters. The van der Waals surface area contributed by atoms with Crippen molar-refractivity contribution in [3.05, 3.63) is 65.6 Å². The van der Waals surface area contributed by atoms with Gasteiger partial charge in [-0.25, -0.2) is 4.79 Å². The molecule has 3 aliphatic rings. The minimum Gasteiger partial charge on any atom is -0.475 e. The smallest absolute Gasteiger partial charge is 0.475 e. The molecule has 4 aromatic rings. The molecule has 2 aliphatic heterocycles. The zero-order valence-electron chi connectivity index (χ0n) is 21.9. The maximum absolute atomic E-state index is 13.1. The number of carboxylic acids is 1. The molecular weight excluding hydrogens is 541 g/mol. The molecule has 11 heteroatoms. The van der Waals surface area contributed by atoms with E-state index in [4.69, 9.17) is 13.7 Å². The number of alkyl halides is 3. The quantitative estimate of drug-likeness (QED) is 0.237. The summed E-state index contributed by atoms with van der Waals surface area (Å²) in [6.45, 7) is 0.189. The number of piperidine rings is 1. The summed E-state index contributed by atoms with van der Waals surface area (Å²) in [5.41, 5.74) is 2.78. The average molecular weight is 569 g/mol. The second-order valence-corrected chi connectivity index (χ2v) is 11.0. The minimum absolute atomic E-state index is 0.0310. The van der Waals surface area contributed by atoms with Crippen LogP contribution in [0.5, 0.6) is 5.75 Å². The van der Waals surface area contributed by atoms with Crippen molar-refractivity contribution in [2.45, 2.75) is 75.6 Å². The molecule has 2 saturated heterocycles. The molecule has 41 heavy (non-hydrogen) atoms. The Morgan fingerprint density at radius 1 is 1.05 bits per heavy atom. The fraction of sp³-hybridized carbons (Fsp3) is 0.400. The van der Waals surface area contributed by atoms with Gasteiger partial charge in [0.15, 0.2) is 0 Å². The highest BCUT2D eigenvalue weighted by molar-refractivity contribution is 5.92. The van der Waals surface area contributed by atoms with Gasteiger partial charge in [0.25, 0.3) is 0 Å². The molecule has 0 spiro atoms. The third-order valence-corrected chi connectivity index (χ3v) is 8.30. The number of rotatable bonds is 8. The number of hydrogen-bond acceptors (Lipinski definition) is 7. The van der Waals surface area contributed by atoms with Crippen molar-refractivity contribution >= 4 is 22.6 Å². The van der Waals surface area contributed by atoms with E-state index in [0.29, 0.717) is 22.6 Å². The van der Waals surface area contributed by atoms with Gasteiger partial charge in [0.2, 0.25) is 5.76 Å². The lowest BCUT2D eigenvalue weighted by Crippen LogP contribution is -2.45. The predicted octanol–water partition coefficient (Wildman–Crippen LogP) is 7.28. The fourth-order valence-corrected chi connectivity index (χ4v) is 6.40. The largest absolute Gasteiger partial charge is 0.573 e. The summed E-state index contributed by atoms with van der Waals surface area (Å²) in [4.78, 5) is 13.7. The summed E-state index contributed by atoms with van der Waals surface area (Å²) in [6.07, 6.45) is 0.658. The molecule has 0 radical (unpaired) electrons. The summed E-state index contributed by atoms with van der Waals surface area (Å²) in [7, 11) is 0. The molecule has 1 N–H and O–H groups in total. The second-order valence-electron chi connectivity index (χ2n) is 11.0. The zero-order valence-corrected chi connectivity index (χ0v) is 21.9. The first-order valence-electron chi connectivity index (χ1n) is 13.7. The SMILES string of the molecule is O=C(O)c1cc2cc(N3C4CC[C@H]3CC(OCc3c(-c5ccccc5OC(F)(F)F)noc3C3CC3)C4)ccc2o1. The van der Waals surface area contributed by atoms with E-state index < -0.39 is 12.3 Å². The molecule has 3 fully saturated rings. The highest BCUT2D eigenvalue weighted by Crippen LogP contribution is 2.46. The molecule has 2 aromatic heterocycles. The van der Waals surface area contributed by atoms with Crippen LogP contribution in [-0.4, -0.2) is 40.8 Å². The summed E-state index contributed by atoms with van der Waals surface area (Å²) in [5.74, 6) is -0.635. The molecule has 0 amide bonds. The average Bonchev–Trinajstić information content (AvgIpc) is 3.44. The first-order valence-corrected chi connectivity index (χ1v) is 13.7. The van der Waals surface area contributed by atoms with Crippen molar-refractivity contribution < 1.29 is 41.5 Å². The number of hydrogen-bond donors (Lipinski definition) is 1. The van der Waals surface area contributed by atoms with E-state index in [-0.39, 0.29) is 47.8 Å². The Balaban J connectivity index is 1.09. The molecule has 4 heterocycles. The number of benzene rings is 2. The topological polar surface area (TPSA) is 98.2 Å². The van der Waals surface area contributed by atoms with Crippen LogP contribution in [0, 0.1) is 0 Å². The van der Waals surface area contributed by atoms with Crippen LogP contribution in [0.15, 0.2) is 57.5 Å². The predicted molar refractivity (Wildman–Crippen MR) is 141 cm³/mol. The molecule has 8 nitrogen and oxygen atoms in total. The summed E-state index contributed by atoms with van der Waals surface area (Å²) in [5, 5.41) is 14.2. The van der Waals surface area contributed by atoms with E-state index in [2.05, 4.69) is 14.8 Å². The van der Waals surface area contributed by atoms with E-state index in [1.807, 2.05) is 18.2 Å². The van der Waals surface area contributed by atoms with E-state index >= 15 is 0 Å². The van der Waals surface area contributed by atoms with Gasteiger partial charge in [-0.3, -0.25) is 0 Å². The van der Waals surface area contributed by atoms with Crippen molar-refractivity contribution in [1.29, 1.82) is 0 Å². The molecule has 7 rings (SSSR count). The Morgan fingerprint density at radius 2 is 1.80 bits per heavy atom. The van der Waals surface area contributed by atoms with Gasteiger partial charge in [0, 0.05) is 40.2 Å². The van der Waals surface area contributed by atoms with Gasteiger partial charge in [-0.15, -0.1) is 13.2 Å². The van der Waals surface area contributed by atoms with Crippen LogP contribution in [0.2, 0.25) is 0 Å². The first-order chi connectivity index (χ1) is 19.7.